The van der Waals surface area contributed by atoms with Gasteiger partial charge in [0.25, 0.3) is 0 Å². The van der Waals surface area contributed by atoms with E-state index in [1.54, 1.807) is 11.5 Å². The van der Waals surface area contributed by atoms with E-state index in [-0.39, 0.29) is 0 Å². The van der Waals surface area contributed by atoms with E-state index >= 15 is 0 Å². The van der Waals surface area contributed by atoms with Crippen LogP contribution in [-0.2, 0) is 6.42 Å². The van der Waals surface area contributed by atoms with Crippen LogP contribution in [0.1, 0.15) is 17.0 Å². The third-order valence-electron chi connectivity index (χ3n) is 1.82. The van der Waals surface area contributed by atoms with Gasteiger partial charge in [-0.25, -0.2) is 0 Å². The number of nitrogens with one attached hydrogen (secondary N) is 1. The van der Waals surface area contributed by atoms with Crippen molar-refractivity contribution in [2.75, 3.05) is 11.9 Å². The summed E-state index contributed by atoms with van der Waals surface area (Å²) in [7, 11) is 0. The average Bonchev–Trinajstić information content (AvgIpc) is 2.34. The SMILES string of the molecule is Cc1nsc2c1NCCC2. The Hall–Kier alpha value is -0.570. The summed E-state index contributed by atoms with van der Waals surface area (Å²) in [6.45, 7) is 3.18. The van der Waals surface area contributed by atoms with Gasteiger partial charge < -0.3 is 5.32 Å². The molecule has 0 fully saturated rings. The highest BCUT2D eigenvalue weighted by molar-refractivity contribution is 7.06. The first kappa shape index (κ1) is 6.16. The average molecular weight is 154 g/mol. The number of rotatable bonds is 0. The van der Waals surface area contributed by atoms with E-state index < -0.39 is 0 Å². The van der Waals surface area contributed by atoms with E-state index in [0.717, 1.165) is 6.54 Å². The van der Waals surface area contributed by atoms with Gasteiger partial charge in [0.2, 0.25) is 0 Å². The topological polar surface area (TPSA) is 24.9 Å². The second-order valence-corrected chi connectivity index (χ2v) is 3.45. The molecule has 0 amide bonds. The Kier molecular flexibility index (Phi) is 1.38. The van der Waals surface area contributed by atoms with Gasteiger partial charge in [-0.1, -0.05) is 0 Å². The first-order valence-electron chi connectivity index (χ1n) is 3.57. The Balaban J connectivity index is 2.45. The molecule has 54 valence electrons. The van der Waals surface area contributed by atoms with Gasteiger partial charge in [0.1, 0.15) is 0 Å². The van der Waals surface area contributed by atoms with Crippen LogP contribution in [0.15, 0.2) is 0 Å². The lowest BCUT2D eigenvalue weighted by atomic mass is 10.1. The highest BCUT2D eigenvalue weighted by Gasteiger charge is 2.13. The first-order chi connectivity index (χ1) is 4.88. The van der Waals surface area contributed by atoms with Gasteiger partial charge >= 0.3 is 0 Å². The number of anilines is 1. The number of hydrogen-bond acceptors (Lipinski definition) is 3. The van der Waals surface area contributed by atoms with Crippen LogP contribution in [0.5, 0.6) is 0 Å². The maximum Gasteiger partial charge on any atom is 0.0745 e. The summed E-state index contributed by atoms with van der Waals surface area (Å²) >= 11 is 1.64. The second-order valence-electron chi connectivity index (χ2n) is 2.60. The van der Waals surface area contributed by atoms with Gasteiger partial charge in [0, 0.05) is 11.4 Å². The molecule has 0 aliphatic carbocycles. The Morgan fingerprint density at radius 2 is 2.50 bits per heavy atom. The van der Waals surface area contributed by atoms with E-state index in [9.17, 15) is 0 Å². The van der Waals surface area contributed by atoms with Gasteiger partial charge in [-0.15, -0.1) is 0 Å². The molecule has 1 aliphatic heterocycles. The quantitative estimate of drug-likeness (QED) is 0.616. The molecule has 1 aromatic rings. The molecule has 0 saturated carbocycles. The van der Waals surface area contributed by atoms with Gasteiger partial charge in [0.05, 0.1) is 11.4 Å². The van der Waals surface area contributed by atoms with Crippen LogP contribution in [0, 0.1) is 6.92 Å². The predicted molar refractivity (Wildman–Crippen MR) is 43.7 cm³/mol. The van der Waals surface area contributed by atoms with Crippen molar-refractivity contribution in [3.63, 3.8) is 0 Å². The smallest absolute Gasteiger partial charge is 0.0745 e. The molecule has 0 radical (unpaired) electrons. The van der Waals surface area contributed by atoms with Crippen molar-refractivity contribution in [3.8, 4) is 0 Å². The molecule has 2 nitrogen and oxygen atoms in total. The van der Waals surface area contributed by atoms with E-state index in [0.29, 0.717) is 0 Å². The van der Waals surface area contributed by atoms with Crippen LogP contribution >= 0.6 is 11.5 Å². The molecule has 2 rings (SSSR count). The van der Waals surface area contributed by atoms with Crippen LogP contribution < -0.4 is 5.32 Å². The fourth-order valence-corrected chi connectivity index (χ4v) is 2.16. The number of nitrogens with zero attached hydrogens (tertiary/aromatic N) is 1. The molecule has 0 saturated heterocycles. The second kappa shape index (κ2) is 2.23. The van der Waals surface area contributed by atoms with Crippen molar-refractivity contribution >= 4 is 17.2 Å². The summed E-state index contributed by atoms with van der Waals surface area (Å²) in [5.74, 6) is 0. The van der Waals surface area contributed by atoms with Crippen LogP contribution in [0.25, 0.3) is 0 Å². The summed E-state index contributed by atoms with van der Waals surface area (Å²) in [6.07, 6.45) is 2.47. The van der Waals surface area contributed by atoms with Gasteiger partial charge in [0.15, 0.2) is 0 Å². The maximum absolute atomic E-state index is 4.28. The largest absolute Gasteiger partial charge is 0.383 e. The number of hydrogen-bond donors (Lipinski definition) is 1. The summed E-state index contributed by atoms with van der Waals surface area (Å²) in [6, 6.07) is 0. The minimum Gasteiger partial charge on any atom is -0.383 e. The summed E-state index contributed by atoms with van der Waals surface area (Å²) in [5, 5.41) is 3.36. The molecule has 0 atom stereocenters. The summed E-state index contributed by atoms with van der Waals surface area (Å²) in [4.78, 5) is 1.43. The molecule has 2 heterocycles. The molecule has 10 heavy (non-hydrogen) atoms. The highest BCUT2D eigenvalue weighted by Crippen LogP contribution is 2.28. The van der Waals surface area contributed by atoms with Crippen molar-refractivity contribution in [3.05, 3.63) is 10.6 Å². The van der Waals surface area contributed by atoms with Crippen LogP contribution in [0.4, 0.5) is 5.69 Å². The fraction of sp³-hybridized carbons (Fsp3) is 0.571. The molecule has 1 aliphatic rings. The number of aromatic nitrogens is 1. The third-order valence-corrected chi connectivity index (χ3v) is 2.81. The Morgan fingerprint density at radius 3 is 3.30 bits per heavy atom. The third kappa shape index (κ3) is 0.814. The molecule has 0 unspecified atom stereocenters. The highest BCUT2D eigenvalue weighted by atomic mass is 32.1. The lowest BCUT2D eigenvalue weighted by Crippen LogP contribution is -2.09. The van der Waals surface area contributed by atoms with Gasteiger partial charge in [-0.3, -0.25) is 0 Å². The van der Waals surface area contributed by atoms with Gasteiger partial charge in [-0.05, 0) is 31.3 Å². The lowest BCUT2D eigenvalue weighted by molar-refractivity contribution is 0.843. The van der Waals surface area contributed by atoms with Crippen LogP contribution in [-0.4, -0.2) is 10.9 Å². The maximum atomic E-state index is 4.28. The zero-order chi connectivity index (χ0) is 6.97. The Labute approximate surface area is 64.4 Å². The molecule has 1 aromatic heterocycles. The molecule has 3 heteroatoms. The molecule has 0 spiro atoms. The Morgan fingerprint density at radius 1 is 1.60 bits per heavy atom. The van der Waals surface area contributed by atoms with Gasteiger partial charge in [-0.2, -0.15) is 4.37 Å². The standard InChI is InChI=1S/C7H10N2S/c1-5-7-6(10-9-5)3-2-4-8-7/h8H,2-4H2,1H3. The number of aryl methyl sites for hydroxylation is 2. The van der Waals surface area contributed by atoms with Crippen molar-refractivity contribution in [1.82, 2.24) is 4.37 Å². The molecular weight excluding hydrogens is 144 g/mol. The van der Waals surface area contributed by atoms with Crippen molar-refractivity contribution < 1.29 is 0 Å². The number of fused-ring (bicyclic) bond motifs is 1. The van der Waals surface area contributed by atoms with Crippen LogP contribution in [0.3, 0.4) is 0 Å². The minimum atomic E-state index is 1.12. The molecule has 1 N–H and O–H groups in total. The Bertz CT molecular complexity index is 242. The van der Waals surface area contributed by atoms with Crippen molar-refractivity contribution in [2.24, 2.45) is 0 Å². The summed E-state index contributed by atoms with van der Waals surface area (Å²) in [5.41, 5.74) is 2.47. The zero-order valence-electron chi connectivity index (χ0n) is 5.98. The van der Waals surface area contributed by atoms with E-state index in [1.807, 2.05) is 0 Å². The molecule has 0 aromatic carbocycles. The first-order valence-corrected chi connectivity index (χ1v) is 4.34. The minimum absolute atomic E-state index is 1.12. The molecule has 0 bridgehead atoms. The fourth-order valence-electron chi connectivity index (χ4n) is 1.28. The molecular formula is C7H10N2S. The van der Waals surface area contributed by atoms with Crippen molar-refractivity contribution in [1.29, 1.82) is 0 Å². The summed E-state index contributed by atoms with van der Waals surface area (Å²) < 4.78 is 4.28. The predicted octanol–water partition coefficient (Wildman–Crippen LogP) is 1.81. The monoisotopic (exact) mass is 154 g/mol. The lowest BCUT2D eigenvalue weighted by Gasteiger charge is -2.12. The zero-order valence-corrected chi connectivity index (χ0v) is 6.79. The van der Waals surface area contributed by atoms with Crippen LogP contribution in [0.2, 0.25) is 0 Å². The normalized spacial score (nSPS) is 16.1. The van der Waals surface area contributed by atoms with Crippen molar-refractivity contribution in [2.45, 2.75) is 19.8 Å². The van der Waals surface area contributed by atoms with E-state index in [1.165, 1.54) is 29.1 Å². The van der Waals surface area contributed by atoms with E-state index in [4.69, 9.17) is 0 Å². The van der Waals surface area contributed by atoms with E-state index in [2.05, 4.69) is 16.6 Å².